The van der Waals surface area contributed by atoms with Gasteiger partial charge in [-0.05, 0) is 37.1 Å². The molecule has 1 heterocycles. The summed E-state index contributed by atoms with van der Waals surface area (Å²) < 4.78 is 0. The average Bonchev–Trinajstić information content (AvgIpc) is 2.41. The zero-order chi connectivity index (χ0) is 13.8. The molecule has 0 aliphatic carbocycles. The smallest absolute Gasteiger partial charge is 0.173 e. The molecule has 0 saturated heterocycles. The Balaban J connectivity index is 2.47. The van der Waals surface area contributed by atoms with Gasteiger partial charge >= 0.3 is 0 Å². The number of rotatable bonds is 3. The van der Waals surface area contributed by atoms with Crippen LogP contribution in [0.2, 0.25) is 0 Å². The summed E-state index contributed by atoms with van der Waals surface area (Å²) >= 11 is 1.52. The molecule has 3 N–H and O–H groups in total. The Hall–Kier alpha value is -2.01. The highest BCUT2D eigenvalue weighted by Crippen LogP contribution is 2.31. The molecule has 0 spiro atoms. The molecule has 4 nitrogen and oxygen atoms in total. The standard InChI is InChI=1S/C14H15N3OS/c1-9-5-3-4-6-11(9)19-14-12(13(15)17-18)10(2)7-8-16-14/h3-8,18H,1-2H3,(H2,15,17). The fraction of sp³-hybridized carbons (Fsp3) is 0.143. The molecule has 0 radical (unpaired) electrons. The van der Waals surface area contributed by atoms with Gasteiger partial charge in [0.2, 0.25) is 0 Å². The topological polar surface area (TPSA) is 71.5 Å². The van der Waals surface area contributed by atoms with Crippen LogP contribution in [0.4, 0.5) is 0 Å². The Kier molecular flexibility index (Phi) is 4.06. The van der Waals surface area contributed by atoms with Crippen molar-refractivity contribution in [3.8, 4) is 0 Å². The lowest BCUT2D eigenvalue weighted by Crippen LogP contribution is -2.16. The Labute approximate surface area is 116 Å². The zero-order valence-electron chi connectivity index (χ0n) is 10.8. The van der Waals surface area contributed by atoms with E-state index < -0.39 is 0 Å². The molecule has 0 atom stereocenters. The monoisotopic (exact) mass is 273 g/mol. The molecule has 0 aliphatic heterocycles. The second kappa shape index (κ2) is 5.75. The molecule has 0 bridgehead atoms. The molecule has 1 aromatic heterocycles. The summed E-state index contributed by atoms with van der Waals surface area (Å²) in [5.41, 5.74) is 8.51. The minimum Gasteiger partial charge on any atom is -0.409 e. The number of benzene rings is 1. The van der Waals surface area contributed by atoms with Crippen LogP contribution >= 0.6 is 11.8 Å². The summed E-state index contributed by atoms with van der Waals surface area (Å²) in [6, 6.07) is 9.89. The molecule has 0 aliphatic rings. The number of aryl methyl sites for hydroxylation is 2. The molecule has 5 heteroatoms. The van der Waals surface area contributed by atoms with Gasteiger partial charge in [0.1, 0.15) is 5.03 Å². The van der Waals surface area contributed by atoms with E-state index in [2.05, 4.69) is 10.1 Å². The molecule has 1 aromatic carbocycles. The maximum atomic E-state index is 8.88. The number of aromatic nitrogens is 1. The molecular weight excluding hydrogens is 258 g/mol. The second-order valence-corrected chi connectivity index (χ2v) is 5.19. The van der Waals surface area contributed by atoms with Crippen LogP contribution in [0.15, 0.2) is 51.6 Å². The third-order valence-electron chi connectivity index (χ3n) is 2.79. The fourth-order valence-electron chi connectivity index (χ4n) is 1.75. The van der Waals surface area contributed by atoms with Gasteiger partial charge in [0.15, 0.2) is 5.84 Å². The van der Waals surface area contributed by atoms with Crippen molar-refractivity contribution < 1.29 is 5.21 Å². The zero-order valence-corrected chi connectivity index (χ0v) is 11.6. The predicted octanol–water partition coefficient (Wildman–Crippen LogP) is 2.94. The average molecular weight is 273 g/mol. The van der Waals surface area contributed by atoms with Crippen molar-refractivity contribution in [2.45, 2.75) is 23.8 Å². The first-order valence-electron chi connectivity index (χ1n) is 5.80. The number of nitrogens with zero attached hydrogens (tertiary/aromatic N) is 2. The van der Waals surface area contributed by atoms with E-state index in [0.717, 1.165) is 15.5 Å². The van der Waals surface area contributed by atoms with E-state index >= 15 is 0 Å². The highest BCUT2D eigenvalue weighted by molar-refractivity contribution is 7.99. The number of hydrogen-bond acceptors (Lipinski definition) is 4. The number of hydrogen-bond donors (Lipinski definition) is 2. The van der Waals surface area contributed by atoms with Crippen molar-refractivity contribution in [2.75, 3.05) is 0 Å². The largest absolute Gasteiger partial charge is 0.409 e. The third kappa shape index (κ3) is 2.88. The van der Waals surface area contributed by atoms with Crippen molar-refractivity contribution in [2.24, 2.45) is 10.9 Å². The SMILES string of the molecule is Cc1ccccc1Sc1nccc(C)c1/C(N)=N/O. The number of amidine groups is 1. The van der Waals surface area contributed by atoms with Crippen molar-refractivity contribution in [3.63, 3.8) is 0 Å². The normalized spacial score (nSPS) is 11.6. The molecular formula is C14H15N3OS. The van der Waals surface area contributed by atoms with Gasteiger partial charge in [0.25, 0.3) is 0 Å². The van der Waals surface area contributed by atoms with Gasteiger partial charge in [0.05, 0.1) is 5.56 Å². The first-order chi connectivity index (χ1) is 9.13. The molecule has 98 valence electrons. The summed E-state index contributed by atoms with van der Waals surface area (Å²) in [5.74, 6) is 0.0849. The van der Waals surface area contributed by atoms with E-state index in [-0.39, 0.29) is 5.84 Å². The number of nitrogens with two attached hydrogens (primary N) is 1. The lowest BCUT2D eigenvalue weighted by Gasteiger charge is -2.10. The fourth-order valence-corrected chi connectivity index (χ4v) is 2.81. The van der Waals surface area contributed by atoms with Gasteiger partial charge in [-0.1, -0.05) is 35.1 Å². The molecule has 2 rings (SSSR count). The molecule has 0 unspecified atom stereocenters. The molecule has 0 fully saturated rings. The number of oxime groups is 1. The Morgan fingerprint density at radius 1 is 1.21 bits per heavy atom. The van der Waals surface area contributed by atoms with Crippen molar-refractivity contribution >= 4 is 17.6 Å². The Bertz CT molecular complexity index is 626. The minimum atomic E-state index is 0.0849. The van der Waals surface area contributed by atoms with E-state index in [4.69, 9.17) is 10.9 Å². The van der Waals surface area contributed by atoms with E-state index in [0.29, 0.717) is 5.56 Å². The van der Waals surface area contributed by atoms with E-state index in [1.807, 2.05) is 44.2 Å². The van der Waals surface area contributed by atoms with Crippen LogP contribution < -0.4 is 5.73 Å². The van der Waals surface area contributed by atoms with Crippen molar-refractivity contribution in [1.82, 2.24) is 4.98 Å². The van der Waals surface area contributed by atoms with Crippen LogP contribution in [-0.2, 0) is 0 Å². The van der Waals surface area contributed by atoms with E-state index in [1.165, 1.54) is 17.3 Å². The van der Waals surface area contributed by atoms with Crippen LogP contribution in [0.5, 0.6) is 0 Å². The molecule has 0 saturated carbocycles. The van der Waals surface area contributed by atoms with Gasteiger partial charge in [-0.3, -0.25) is 0 Å². The lowest BCUT2D eigenvalue weighted by molar-refractivity contribution is 0.318. The van der Waals surface area contributed by atoms with E-state index in [9.17, 15) is 0 Å². The van der Waals surface area contributed by atoms with Gasteiger partial charge in [-0.2, -0.15) is 0 Å². The number of pyridine rings is 1. The van der Waals surface area contributed by atoms with Gasteiger partial charge in [-0.15, -0.1) is 0 Å². The summed E-state index contributed by atoms with van der Waals surface area (Å²) in [4.78, 5) is 5.44. The summed E-state index contributed by atoms with van der Waals surface area (Å²) in [6.45, 7) is 3.96. The first kappa shape index (κ1) is 13.4. The third-order valence-corrected chi connectivity index (χ3v) is 3.97. The molecule has 2 aromatic rings. The van der Waals surface area contributed by atoms with Crippen LogP contribution in [0.25, 0.3) is 0 Å². The van der Waals surface area contributed by atoms with Crippen molar-refractivity contribution in [3.05, 3.63) is 53.2 Å². The highest BCUT2D eigenvalue weighted by Gasteiger charge is 2.13. The van der Waals surface area contributed by atoms with Gasteiger partial charge in [-0.25, -0.2) is 4.98 Å². The summed E-state index contributed by atoms with van der Waals surface area (Å²) in [6.07, 6.45) is 1.73. The lowest BCUT2D eigenvalue weighted by atomic mass is 10.1. The van der Waals surface area contributed by atoms with Gasteiger partial charge in [0, 0.05) is 11.1 Å². The quantitative estimate of drug-likeness (QED) is 0.390. The van der Waals surface area contributed by atoms with Gasteiger partial charge < -0.3 is 10.9 Å². The maximum absolute atomic E-state index is 8.88. The van der Waals surface area contributed by atoms with E-state index in [1.54, 1.807) is 6.20 Å². The molecule has 19 heavy (non-hydrogen) atoms. The summed E-state index contributed by atoms with van der Waals surface area (Å²) in [7, 11) is 0. The Morgan fingerprint density at radius 3 is 2.63 bits per heavy atom. The van der Waals surface area contributed by atoms with Crippen LogP contribution in [0.1, 0.15) is 16.7 Å². The minimum absolute atomic E-state index is 0.0849. The van der Waals surface area contributed by atoms with Crippen LogP contribution in [0, 0.1) is 13.8 Å². The summed E-state index contributed by atoms with van der Waals surface area (Å²) in [5, 5.41) is 12.7. The Morgan fingerprint density at radius 2 is 1.95 bits per heavy atom. The maximum Gasteiger partial charge on any atom is 0.173 e. The van der Waals surface area contributed by atoms with Crippen LogP contribution in [0.3, 0.4) is 0 Å². The molecule has 0 amide bonds. The highest BCUT2D eigenvalue weighted by atomic mass is 32.2. The first-order valence-corrected chi connectivity index (χ1v) is 6.62. The van der Waals surface area contributed by atoms with Crippen LogP contribution in [-0.4, -0.2) is 16.0 Å². The second-order valence-electron chi connectivity index (χ2n) is 4.16. The van der Waals surface area contributed by atoms with Crippen molar-refractivity contribution in [1.29, 1.82) is 0 Å². The predicted molar refractivity (Wildman–Crippen MR) is 76.8 cm³/mol.